The van der Waals surface area contributed by atoms with E-state index in [1.54, 1.807) is 0 Å². The molecule has 1 saturated heterocycles. The normalized spacial score (nSPS) is 17.5. The Morgan fingerprint density at radius 2 is 2.08 bits per heavy atom. The molecular formula is C20H33N3O2S. The Morgan fingerprint density at radius 1 is 1.27 bits per heavy atom. The van der Waals surface area contributed by atoms with Gasteiger partial charge in [0, 0.05) is 44.9 Å². The topological polar surface area (TPSA) is 54.9 Å². The van der Waals surface area contributed by atoms with Crippen LogP contribution in [0.3, 0.4) is 0 Å². The number of hydrogen-bond acceptors (Lipinski definition) is 4. The first-order valence-electron chi connectivity index (χ1n) is 9.55. The lowest BCUT2D eigenvalue weighted by Crippen LogP contribution is -2.39. The summed E-state index contributed by atoms with van der Waals surface area (Å²) in [6, 6.07) is 8.75. The molecule has 1 atom stereocenters. The number of nitrogens with one attached hydrogen (secondary N) is 2. The van der Waals surface area contributed by atoms with Gasteiger partial charge in [-0.3, -0.25) is 4.99 Å². The molecule has 1 aliphatic heterocycles. The van der Waals surface area contributed by atoms with E-state index >= 15 is 0 Å². The highest BCUT2D eigenvalue weighted by molar-refractivity contribution is 7.98. The van der Waals surface area contributed by atoms with Gasteiger partial charge >= 0.3 is 0 Å². The predicted molar refractivity (Wildman–Crippen MR) is 111 cm³/mol. The zero-order valence-corrected chi connectivity index (χ0v) is 16.9. The number of thioether (sulfide) groups is 1. The number of guanidine groups is 1. The maximum absolute atomic E-state index is 5.67. The van der Waals surface area contributed by atoms with Gasteiger partial charge in [-0.25, -0.2) is 0 Å². The number of nitrogens with zero attached hydrogens (tertiary/aromatic N) is 1. The minimum atomic E-state index is 0.315. The summed E-state index contributed by atoms with van der Waals surface area (Å²) in [5.74, 6) is 2.97. The van der Waals surface area contributed by atoms with E-state index in [4.69, 9.17) is 9.47 Å². The molecule has 146 valence electrons. The standard InChI is InChI=1S/C20H33N3O2S/c1-17-6-8-18(9-7-17)16-26-14-11-23-20(21-2)22-10-4-12-24-15-19-5-3-13-25-19/h6-9,19H,3-5,10-16H2,1-2H3,(H2,21,22,23). The van der Waals surface area contributed by atoms with E-state index < -0.39 is 0 Å². The van der Waals surface area contributed by atoms with Gasteiger partial charge in [-0.2, -0.15) is 11.8 Å². The zero-order valence-electron chi connectivity index (χ0n) is 16.1. The van der Waals surface area contributed by atoms with Crippen molar-refractivity contribution in [2.24, 2.45) is 4.99 Å². The van der Waals surface area contributed by atoms with Gasteiger partial charge in [0.2, 0.25) is 0 Å². The van der Waals surface area contributed by atoms with Crippen molar-refractivity contribution >= 4 is 17.7 Å². The Bertz CT molecular complexity index is 516. The first-order valence-corrected chi connectivity index (χ1v) is 10.7. The largest absolute Gasteiger partial charge is 0.379 e. The molecule has 0 bridgehead atoms. The van der Waals surface area contributed by atoms with Gasteiger partial charge in [-0.1, -0.05) is 29.8 Å². The van der Waals surface area contributed by atoms with Crippen molar-refractivity contribution in [3.8, 4) is 0 Å². The average molecular weight is 380 g/mol. The molecule has 1 aromatic rings. The Kier molecular flexibility index (Phi) is 10.5. The maximum Gasteiger partial charge on any atom is 0.191 e. The third-order valence-corrected chi connectivity index (χ3v) is 5.27. The van der Waals surface area contributed by atoms with Crippen LogP contribution in [-0.2, 0) is 15.2 Å². The minimum Gasteiger partial charge on any atom is -0.379 e. The van der Waals surface area contributed by atoms with E-state index in [-0.39, 0.29) is 0 Å². The second-order valence-electron chi connectivity index (χ2n) is 6.53. The zero-order chi connectivity index (χ0) is 18.5. The molecule has 1 unspecified atom stereocenters. The van der Waals surface area contributed by atoms with Crippen LogP contribution in [0.2, 0.25) is 0 Å². The van der Waals surface area contributed by atoms with Crippen LogP contribution in [0.4, 0.5) is 0 Å². The highest BCUT2D eigenvalue weighted by Crippen LogP contribution is 2.12. The number of aliphatic imine (C=N–C) groups is 1. The molecule has 0 spiro atoms. The fourth-order valence-electron chi connectivity index (χ4n) is 2.71. The van der Waals surface area contributed by atoms with E-state index in [9.17, 15) is 0 Å². The molecule has 1 aliphatic rings. The van der Waals surface area contributed by atoms with Crippen LogP contribution in [-0.4, -0.2) is 57.8 Å². The monoisotopic (exact) mass is 379 g/mol. The SMILES string of the molecule is CN=C(NCCCOCC1CCCO1)NCCSCc1ccc(C)cc1. The van der Waals surface area contributed by atoms with Crippen LogP contribution in [0, 0.1) is 6.92 Å². The van der Waals surface area contributed by atoms with Crippen LogP contribution < -0.4 is 10.6 Å². The summed E-state index contributed by atoms with van der Waals surface area (Å²) in [6.07, 6.45) is 3.59. The van der Waals surface area contributed by atoms with Crippen LogP contribution >= 0.6 is 11.8 Å². The van der Waals surface area contributed by atoms with Crippen molar-refractivity contribution < 1.29 is 9.47 Å². The molecule has 1 fully saturated rings. The van der Waals surface area contributed by atoms with Gasteiger partial charge in [-0.05, 0) is 31.7 Å². The van der Waals surface area contributed by atoms with E-state index in [1.165, 1.54) is 17.5 Å². The molecule has 0 aromatic heterocycles. The highest BCUT2D eigenvalue weighted by Gasteiger charge is 2.14. The Hall–Kier alpha value is -1.24. The van der Waals surface area contributed by atoms with Gasteiger partial charge in [0.05, 0.1) is 12.7 Å². The Morgan fingerprint density at radius 3 is 2.81 bits per heavy atom. The summed E-state index contributed by atoms with van der Waals surface area (Å²) < 4.78 is 11.2. The summed E-state index contributed by atoms with van der Waals surface area (Å²) in [5.41, 5.74) is 2.69. The van der Waals surface area contributed by atoms with Crippen molar-refractivity contribution in [1.82, 2.24) is 10.6 Å². The fourth-order valence-corrected chi connectivity index (χ4v) is 3.53. The number of hydrogen-bond donors (Lipinski definition) is 2. The lowest BCUT2D eigenvalue weighted by Gasteiger charge is -2.13. The molecule has 6 heteroatoms. The van der Waals surface area contributed by atoms with Crippen molar-refractivity contribution in [2.75, 3.05) is 45.7 Å². The van der Waals surface area contributed by atoms with E-state index in [2.05, 4.69) is 46.8 Å². The summed E-state index contributed by atoms with van der Waals surface area (Å²) in [6.45, 7) is 6.27. The molecule has 1 heterocycles. The molecule has 5 nitrogen and oxygen atoms in total. The van der Waals surface area contributed by atoms with E-state index in [1.807, 2.05) is 18.8 Å². The second kappa shape index (κ2) is 13.0. The van der Waals surface area contributed by atoms with Crippen molar-refractivity contribution in [2.45, 2.75) is 38.0 Å². The number of ether oxygens (including phenoxy) is 2. The quantitative estimate of drug-likeness (QED) is 0.352. The average Bonchev–Trinajstić information content (AvgIpc) is 3.17. The van der Waals surface area contributed by atoms with Gasteiger partial charge < -0.3 is 20.1 Å². The summed E-state index contributed by atoms with van der Waals surface area (Å²) in [5, 5.41) is 6.69. The van der Waals surface area contributed by atoms with Gasteiger partial charge in [0.15, 0.2) is 5.96 Å². The molecule has 0 amide bonds. The number of benzene rings is 1. The van der Waals surface area contributed by atoms with Crippen LogP contribution in [0.15, 0.2) is 29.3 Å². The van der Waals surface area contributed by atoms with E-state index in [0.29, 0.717) is 6.10 Å². The third kappa shape index (κ3) is 8.92. The van der Waals surface area contributed by atoms with Gasteiger partial charge in [-0.15, -0.1) is 0 Å². The van der Waals surface area contributed by atoms with E-state index in [0.717, 1.165) is 63.2 Å². The second-order valence-corrected chi connectivity index (χ2v) is 7.63. The van der Waals surface area contributed by atoms with Crippen LogP contribution in [0.1, 0.15) is 30.4 Å². The Labute approximate surface area is 162 Å². The Balaban J connectivity index is 1.43. The summed E-state index contributed by atoms with van der Waals surface area (Å²) in [4.78, 5) is 4.26. The maximum atomic E-state index is 5.67. The predicted octanol–water partition coefficient (Wildman–Crippen LogP) is 2.98. The van der Waals surface area contributed by atoms with Gasteiger partial charge in [0.25, 0.3) is 0 Å². The highest BCUT2D eigenvalue weighted by atomic mass is 32.2. The van der Waals surface area contributed by atoms with Crippen molar-refractivity contribution in [1.29, 1.82) is 0 Å². The van der Waals surface area contributed by atoms with Crippen molar-refractivity contribution in [3.05, 3.63) is 35.4 Å². The molecule has 26 heavy (non-hydrogen) atoms. The molecule has 2 rings (SSSR count). The molecule has 0 saturated carbocycles. The van der Waals surface area contributed by atoms with Crippen LogP contribution in [0.25, 0.3) is 0 Å². The molecule has 2 N–H and O–H groups in total. The summed E-state index contributed by atoms with van der Waals surface area (Å²) in [7, 11) is 1.81. The van der Waals surface area contributed by atoms with Crippen LogP contribution in [0.5, 0.6) is 0 Å². The lowest BCUT2D eigenvalue weighted by molar-refractivity contribution is 0.0168. The molecule has 0 aliphatic carbocycles. The molecule has 0 radical (unpaired) electrons. The summed E-state index contributed by atoms with van der Waals surface area (Å²) >= 11 is 1.93. The molecule has 1 aromatic carbocycles. The first kappa shape index (κ1) is 21.1. The molecular weight excluding hydrogens is 346 g/mol. The number of aryl methyl sites for hydroxylation is 1. The third-order valence-electron chi connectivity index (χ3n) is 4.24. The fraction of sp³-hybridized carbons (Fsp3) is 0.650. The minimum absolute atomic E-state index is 0.315. The van der Waals surface area contributed by atoms with Gasteiger partial charge in [0.1, 0.15) is 0 Å². The van der Waals surface area contributed by atoms with Crippen molar-refractivity contribution in [3.63, 3.8) is 0 Å². The smallest absolute Gasteiger partial charge is 0.191 e. The lowest BCUT2D eigenvalue weighted by atomic mass is 10.2. The first-order chi connectivity index (χ1) is 12.8. The number of rotatable bonds is 11.